The van der Waals surface area contributed by atoms with Crippen molar-refractivity contribution in [2.24, 2.45) is 5.92 Å². The Kier molecular flexibility index (Phi) is 7.09. The van der Waals surface area contributed by atoms with Gasteiger partial charge in [-0.2, -0.15) is 0 Å². The smallest absolute Gasteiger partial charge is 0.0446 e. The van der Waals surface area contributed by atoms with Crippen LogP contribution in [0.5, 0.6) is 0 Å². The SMILES string of the molecule is CCCNC(CCO)CN1CCCC1C(C)C. The van der Waals surface area contributed by atoms with E-state index in [0.717, 1.165) is 37.9 Å². The van der Waals surface area contributed by atoms with Crippen molar-refractivity contribution in [2.45, 2.75) is 58.5 Å². The molecule has 0 aliphatic carbocycles. The standard InChI is InChI=1S/C14H30N2O/c1-4-8-15-13(7-10-17)11-16-9-5-6-14(16)12(2)3/h12-15,17H,4-11H2,1-3H3. The molecule has 0 bridgehead atoms. The van der Waals surface area contributed by atoms with Crippen molar-refractivity contribution in [3.05, 3.63) is 0 Å². The Hall–Kier alpha value is -0.120. The van der Waals surface area contributed by atoms with Crippen LogP contribution in [0.3, 0.4) is 0 Å². The zero-order valence-electron chi connectivity index (χ0n) is 11.8. The molecule has 2 N–H and O–H groups in total. The average molecular weight is 242 g/mol. The van der Waals surface area contributed by atoms with E-state index < -0.39 is 0 Å². The summed E-state index contributed by atoms with van der Waals surface area (Å²) in [5.74, 6) is 0.749. The molecule has 0 saturated carbocycles. The van der Waals surface area contributed by atoms with Crippen LogP contribution in [-0.4, -0.2) is 48.3 Å². The van der Waals surface area contributed by atoms with Gasteiger partial charge in [0.25, 0.3) is 0 Å². The first-order chi connectivity index (χ1) is 8.19. The zero-order valence-corrected chi connectivity index (χ0v) is 11.8. The first-order valence-electron chi connectivity index (χ1n) is 7.27. The van der Waals surface area contributed by atoms with Gasteiger partial charge >= 0.3 is 0 Å². The molecular weight excluding hydrogens is 212 g/mol. The highest BCUT2D eigenvalue weighted by Crippen LogP contribution is 2.23. The van der Waals surface area contributed by atoms with E-state index in [4.69, 9.17) is 5.11 Å². The minimum atomic E-state index is 0.293. The summed E-state index contributed by atoms with van der Waals surface area (Å²) in [6, 6.07) is 1.21. The number of rotatable bonds is 8. The molecule has 0 amide bonds. The summed E-state index contributed by atoms with van der Waals surface area (Å²) in [4.78, 5) is 2.62. The third kappa shape index (κ3) is 4.94. The molecule has 1 saturated heterocycles. The topological polar surface area (TPSA) is 35.5 Å². The quantitative estimate of drug-likeness (QED) is 0.682. The number of aliphatic hydroxyl groups excluding tert-OH is 1. The Bertz CT molecular complexity index is 197. The van der Waals surface area contributed by atoms with Crippen LogP contribution in [0.2, 0.25) is 0 Å². The molecule has 1 aliphatic heterocycles. The molecule has 0 radical (unpaired) electrons. The molecule has 1 heterocycles. The predicted octanol–water partition coefficient (Wildman–Crippen LogP) is 1.86. The Morgan fingerprint density at radius 3 is 2.76 bits per heavy atom. The van der Waals surface area contributed by atoms with E-state index in [1.165, 1.54) is 19.4 Å². The predicted molar refractivity (Wildman–Crippen MR) is 73.2 cm³/mol. The monoisotopic (exact) mass is 242 g/mol. The van der Waals surface area contributed by atoms with Gasteiger partial charge < -0.3 is 10.4 Å². The van der Waals surface area contributed by atoms with Crippen LogP contribution in [0, 0.1) is 5.92 Å². The summed E-state index contributed by atoms with van der Waals surface area (Å²) < 4.78 is 0. The maximum Gasteiger partial charge on any atom is 0.0446 e. The molecule has 17 heavy (non-hydrogen) atoms. The van der Waals surface area contributed by atoms with E-state index in [1.807, 2.05) is 0 Å². The van der Waals surface area contributed by atoms with Gasteiger partial charge in [-0.1, -0.05) is 20.8 Å². The van der Waals surface area contributed by atoms with Crippen molar-refractivity contribution < 1.29 is 5.11 Å². The molecule has 3 nitrogen and oxygen atoms in total. The zero-order chi connectivity index (χ0) is 12.7. The Morgan fingerprint density at radius 1 is 1.41 bits per heavy atom. The van der Waals surface area contributed by atoms with E-state index in [2.05, 4.69) is 31.0 Å². The van der Waals surface area contributed by atoms with Crippen molar-refractivity contribution in [1.29, 1.82) is 0 Å². The molecule has 0 aromatic heterocycles. The normalized spacial score (nSPS) is 23.5. The van der Waals surface area contributed by atoms with Crippen LogP contribution in [-0.2, 0) is 0 Å². The lowest BCUT2D eigenvalue weighted by Crippen LogP contribution is -2.45. The fourth-order valence-corrected chi connectivity index (χ4v) is 2.88. The molecule has 2 unspecified atom stereocenters. The van der Waals surface area contributed by atoms with Crippen molar-refractivity contribution in [3.63, 3.8) is 0 Å². The van der Waals surface area contributed by atoms with Gasteiger partial charge in [0.15, 0.2) is 0 Å². The fraction of sp³-hybridized carbons (Fsp3) is 1.00. The Balaban J connectivity index is 2.41. The minimum absolute atomic E-state index is 0.293. The lowest BCUT2D eigenvalue weighted by atomic mass is 10.0. The first kappa shape index (κ1) is 14.9. The number of nitrogens with one attached hydrogen (secondary N) is 1. The number of aliphatic hydroxyl groups is 1. The van der Waals surface area contributed by atoms with E-state index in [-0.39, 0.29) is 0 Å². The van der Waals surface area contributed by atoms with Crippen molar-refractivity contribution >= 4 is 0 Å². The van der Waals surface area contributed by atoms with E-state index in [0.29, 0.717) is 12.6 Å². The largest absolute Gasteiger partial charge is 0.396 e. The maximum atomic E-state index is 9.13. The lowest BCUT2D eigenvalue weighted by molar-refractivity contribution is 0.170. The number of hydrogen-bond donors (Lipinski definition) is 2. The van der Waals surface area contributed by atoms with E-state index in [9.17, 15) is 0 Å². The van der Waals surface area contributed by atoms with Crippen LogP contribution in [0.25, 0.3) is 0 Å². The maximum absolute atomic E-state index is 9.13. The van der Waals surface area contributed by atoms with Gasteiger partial charge in [-0.25, -0.2) is 0 Å². The molecular formula is C14H30N2O. The summed E-state index contributed by atoms with van der Waals surface area (Å²) in [5.41, 5.74) is 0. The molecule has 3 heteroatoms. The van der Waals surface area contributed by atoms with Gasteiger partial charge in [-0.05, 0) is 44.7 Å². The van der Waals surface area contributed by atoms with Gasteiger partial charge in [0.1, 0.15) is 0 Å². The molecule has 1 rings (SSSR count). The second-order valence-electron chi connectivity index (χ2n) is 5.61. The van der Waals surface area contributed by atoms with E-state index in [1.54, 1.807) is 0 Å². The molecule has 1 fully saturated rings. The minimum Gasteiger partial charge on any atom is -0.396 e. The van der Waals surface area contributed by atoms with Gasteiger partial charge in [0.2, 0.25) is 0 Å². The molecule has 1 aliphatic rings. The first-order valence-corrected chi connectivity index (χ1v) is 7.27. The highest BCUT2D eigenvalue weighted by atomic mass is 16.3. The fourth-order valence-electron chi connectivity index (χ4n) is 2.88. The highest BCUT2D eigenvalue weighted by molar-refractivity contribution is 4.84. The molecule has 0 aromatic carbocycles. The summed E-state index contributed by atoms with van der Waals surface area (Å²) in [6.07, 6.45) is 4.72. The van der Waals surface area contributed by atoms with Crippen LogP contribution in [0.4, 0.5) is 0 Å². The van der Waals surface area contributed by atoms with Crippen LogP contribution in [0.1, 0.15) is 46.5 Å². The van der Waals surface area contributed by atoms with Crippen molar-refractivity contribution in [1.82, 2.24) is 10.2 Å². The molecule has 102 valence electrons. The number of hydrogen-bond acceptors (Lipinski definition) is 3. The second kappa shape index (κ2) is 8.06. The van der Waals surface area contributed by atoms with Gasteiger partial charge in [-0.15, -0.1) is 0 Å². The summed E-state index contributed by atoms with van der Waals surface area (Å²) >= 11 is 0. The van der Waals surface area contributed by atoms with Crippen molar-refractivity contribution in [3.8, 4) is 0 Å². The van der Waals surface area contributed by atoms with Crippen LogP contribution in [0.15, 0.2) is 0 Å². The molecule has 0 aromatic rings. The molecule has 0 spiro atoms. The number of likely N-dealkylation sites (tertiary alicyclic amines) is 1. The third-order valence-electron chi connectivity index (χ3n) is 3.80. The average Bonchev–Trinajstić information content (AvgIpc) is 2.74. The van der Waals surface area contributed by atoms with Crippen molar-refractivity contribution in [2.75, 3.05) is 26.2 Å². The van der Waals surface area contributed by atoms with E-state index >= 15 is 0 Å². The summed E-state index contributed by atoms with van der Waals surface area (Å²) in [6.45, 7) is 10.5. The number of nitrogens with zero attached hydrogens (tertiary/aromatic N) is 1. The summed E-state index contributed by atoms with van der Waals surface area (Å²) in [5, 5.41) is 12.7. The highest BCUT2D eigenvalue weighted by Gasteiger charge is 2.28. The van der Waals surface area contributed by atoms with Gasteiger partial charge in [-0.3, -0.25) is 4.90 Å². The Morgan fingerprint density at radius 2 is 2.18 bits per heavy atom. The molecule has 2 atom stereocenters. The van der Waals surface area contributed by atoms with Crippen LogP contribution >= 0.6 is 0 Å². The second-order valence-corrected chi connectivity index (χ2v) is 5.61. The lowest BCUT2D eigenvalue weighted by Gasteiger charge is -2.31. The summed E-state index contributed by atoms with van der Waals surface area (Å²) in [7, 11) is 0. The third-order valence-corrected chi connectivity index (χ3v) is 3.80. The van der Waals surface area contributed by atoms with Gasteiger partial charge in [0, 0.05) is 25.2 Å². The van der Waals surface area contributed by atoms with Crippen LogP contribution < -0.4 is 5.32 Å². The Labute approximate surface area is 107 Å². The van der Waals surface area contributed by atoms with Gasteiger partial charge in [0.05, 0.1) is 0 Å².